The first-order valence-electron chi connectivity index (χ1n) is 9.18. The second kappa shape index (κ2) is 11.4. The van der Waals surface area contributed by atoms with Gasteiger partial charge in [-0.05, 0) is 19.3 Å². The second-order valence-electron chi connectivity index (χ2n) is 6.75. The molecule has 0 aliphatic heterocycles. The highest BCUT2D eigenvalue weighted by molar-refractivity contribution is 7.86. The SMILES string of the molecule is CCCC(F)(F)CCCCCCCCCC(F)(F)C(CC)S(=O)(=O)O. The smallest absolute Gasteiger partial charge is 0.273 e. The molecular formula is C17H32F4O3S. The fourth-order valence-corrected chi connectivity index (χ4v) is 3.98. The molecule has 0 aliphatic rings. The van der Waals surface area contributed by atoms with Crippen LogP contribution in [0.25, 0.3) is 0 Å². The van der Waals surface area contributed by atoms with Gasteiger partial charge in [0.2, 0.25) is 5.92 Å². The predicted octanol–water partition coefficient (Wildman–Crippen LogP) is 6.23. The highest BCUT2D eigenvalue weighted by Gasteiger charge is 2.45. The Kier molecular flexibility index (Phi) is 11.2. The number of rotatable bonds is 15. The van der Waals surface area contributed by atoms with Crippen LogP contribution in [0.4, 0.5) is 17.6 Å². The summed E-state index contributed by atoms with van der Waals surface area (Å²) in [7, 11) is -4.76. The van der Waals surface area contributed by atoms with E-state index in [0.717, 1.165) is 12.8 Å². The van der Waals surface area contributed by atoms with Crippen molar-refractivity contribution in [2.45, 2.75) is 108 Å². The molecule has 0 aromatic heterocycles. The van der Waals surface area contributed by atoms with Gasteiger partial charge in [0.05, 0.1) is 0 Å². The lowest BCUT2D eigenvalue weighted by Gasteiger charge is -2.23. The summed E-state index contributed by atoms with van der Waals surface area (Å²) in [5, 5.41) is -2.05. The fourth-order valence-electron chi connectivity index (χ4n) is 3.01. The standard InChI is InChI=1S/C17H32F4O3S/c1-3-12-16(18,19)13-10-8-6-5-7-9-11-14-17(20,21)15(4-2)25(22,23)24/h15H,3-14H2,1-2H3,(H,22,23,24). The van der Waals surface area contributed by atoms with E-state index in [1.807, 2.05) is 0 Å². The average molecular weight is 392 g/mol. The summed E-state index contributed by atoms with van der Waals surface area (Å²) < 4.78 is 85.0. The van der Waals surface area contributed by atoms with Crippen LogP contribution >= 0.6 is 0 Å². The van der Waals surface area contributed by atoms with E-state index in [4.69, 9.17) is 4.55 Å². The number of hydrogen-bond acceptors (Lipinski definition) is 2. The maximum atomic E-state index is 13.8. The Morgan fingerprint density at radius 3 is 1.64 bits per heavy atom. The molecule has 0 amide bonds. The Hall–Kier alpha value is -0.370. The molecule has 0 rings (SSSR count). The average Bonchev–Trinajstić information content (AvgIpc) is 2.44. The Balaban J connectivity index is 3.83. The lowest BCUT2D eigenvalue weighted by Crippen LogP contribution is -2.39. The molecule has 1 unspecified atom stereocenters. The number of hydrogen-bond donors (Lipinski definition) is 1. The Bertz CT molecular complexity index is 453. The summed E-state index contributed by atoms with van der Waals surface area (Å²) >= 11 is 0. The van der Waals surface area contributed by atoms with E-state index in [-0.39, 0.29) is 25.7 Å². The van der Waals surface area contributed by atoms with Gasteiger partial charge in [0, 0.05) is 19.3 Å². The normalized spacial score (nSPS) is 14.7. The topological polar surface area (TPSA) is 54.4 Å². The molecular weight excluding hydrogens is 360 g/mol. The van der Waals surface area contributed by atoms with Gasteiger partial charge in [-0.2, -0.15) is 8.42 Å². The largest absolute Gasteiger partial charge is 0.285 e. The van der Waals surface area contributed by atoms with Gasteiger partial charge in [-0.15, -0.1) is 0 Å². The van der Waals surface area contributed by atoms with Gasteiger partial charge in [0.1, 0.15) is 5.25 Å². The van der Waals surface area contributed by atoms with E-state index in [9.17, 15) is 26.0 Å². The number of unbranched alkanes of at least 4 members (excludes halogenated alkanes) is 6. The van der Waals surface area contributed by atoms with E-state index < -0.39 is 33.6 Å². The zero-order valence-corrected chi connectivity index (χ0v) is 16.1. The van der Waals surface area contributed by atoms with E-state index in [2.05, 4.69) is 0 Å². The van der Waals surface area contributed by atoms with Crippen LogP contribution in [0.2, 0.25) is 0 Å². The Morgan fingerprint density at radius 2 is 1.24 bits per heavy atom. The molecule has 0 aliphatic carbocycles. The first-order chi connectivity index (χ1) is 11.5. The number of halogens is 4. The van der Waals surface area contributed by atoms with Crippen LogP contribution in [0.5, 0.6) is 0 Å². The van der Waals surface area contributed by atoms with Crippen LogP contribution in [0, 0.1) is 0 Å². The third-order valence-electron chi connectivity index (χ3n) is 4.37. The van der Waals surface area contributed by atoms with E-state index in [1.54, 1.807) is 6.92 Å². The Labute approximate surface area is 149 Å². The third-order valence-corrected chi connectivity index (χ3v) is 5.77. The maximum absolute atomic E-state index is 13.8. The van der Waals surface area contributed by atoms with Gasteiger partial charge in [0.15, 0.2) is 0 Å². The predicted molar refractivity (Wildman–Crippen MR) is 92.0 cm³/mol. The molecule has 0 bridgehead atoms. The minimum Gasteiger partial charge on any atom is -0.285 e. The zero-order valence-electron chi connectivity index (χ0n) is 15.2. The second-order valence-corrected chi connectivity index (χ2v) is 8.35. The summed E-state index contributed by atoms with van der Waals surface area (Å²) in [6, 6.07) is 0. The van der Waals surface area contributed by atoms with Crippen molar-refractivity contribution >= 4 is 10.1 Å². The zero-order chi connectivity index (χ0) is 19.6. The summed E-state index contributed by atoms with van der Waals surface area (Å²) in [4.78, 5) is 0. The van der Waals surface area contributed by atoms with Crippen LogP contribution in [0.1, 0.15) is 90.9 Å². The van der Waals surface area contributed by atoms with E-state index in [1.165, 1.54) is 6.92 Å². The molecule has 0 fully saturated rings. The van der Waals surface area contributed by atoms with Crippen LogP contribution in [0.3, 0.4) is 0 Å². The van der Waals surface area contributed by atoms with E-state index in [0.29, 0.717) is 32.1 Å². The van der Waals surface area contributed by atoms with Crippen molar-refractivity contribution in [3.63, 3.8) is 0 Å². The van der Waals surface area contributed by atoms with Gasteiger partial charge in [-0.3, -0.25) is 4.55 Å². The molecule has 0 heterocycles. The minimum atomic E-state index is -4.76. The van der Waals surface area contributed by atoms with Gasteiger partial charge in [-0.1, -0.05) is 52.4 Å². The first-order valence-corrected chi connectivity index (χ1v) is 10.7. The highest BCUT2D eigenvalue weighted by atomic mass is 32.2. The molecule has 152 valence electrons. The quantitative estimate of drug-likeness (QED) is 0.204. The molecule has 25 heavy (non-hydrogen) atoms. The van der Waals surface area contributed by atoms with Crippen LogP contribution in [-0.2, 0) is 10.1 Å². The molecule has 1 atom stereocenters. The summed E-state index contributed by atoms with van der Waals surface area (Å²) in [5.74, 6) is -6.02. The summed E-state index contributed by atoms with van der Waals surface area (Å²) in [5.41, 5.74) is 0. The van der Waals surface area contributed by atoms with Crippen molar-refractivity contribution < 1.29 is 30.5 Å². The van der Waals surface area contributed by atoms with Crippen LogP contribution in [-0.4, -0.2) is 30.1 Å². The van der Waals surface area contributed by atoms with Gasteiger partial charge in [-0.25, -0.2) is 17.6 Å². The highest BCUT2D eigenvalue weighted by Crippen LogP contribution is 2.32. The maximum Gasteiger partial charge on any atom is 0.273 e. The monoisotopic (exact) mass is 392 g/mol. The number of alkyl halides is 4. The summed E-state index contributed by atoms with van der Waals surface area (Å²) in [6.07, 6.45) is 3.55. The van der Waals surface area contributed by atoms with Crippen LogP contribution < -0.4 is 0 Å². The van der Waals surface area contributed by atoms with Gasteiger partial charge in [0.25, 0.3) is 16.0 Å². The van der Waals surface area contributed by atoms with Crippen molar-refractivity contribution in [2.24, 2.45) is 0 Å². The Morgan fingerprint density at radius 1 is 0.800 bits per heavy atom. The molecule has 0 radical (unpaired) electrons. The molecule has 0 aromatic carbocycles. The van der Waals surface area contributed by atoms with Crippen molar-refractivity contribution in [3.8, 4) is 0 Å². The third kappa shape index (κ3) is 11.1. The van der Waals surface area contributed by atoms with Crippen molar-refractivity contribution in [3.05, 3.63) is 0 Å². The van der Waals surface area contributed by atoms with Gasteiger partial charge >= 0.3 is 0 Å². The molecule has 1 N–H and O–H groups in total. The molecule has 3 nitrogen and oxygen atoms in total. The first kappa shape index (κ1) is 24.6. The molecule has 8 heteroatoms. The molecule has 0 saturated carbocycles. The molecule has 0 saturated heterocycles. The van der Waals surface area contributed by atoms with Crippen LogP contribution in [0.15, 0.2) is 0 Å². The van der Waals surface area contributed by atoms with Gasteiger partial charge < -0.3 is 0 Å². The lowest BCUT2D eigenvalue weighted by atomic mass is 10.0. The molecule has 0 spiro atoms. The lowest BCUT2D eigenvalue weighted by molar-refractivity contribution is -0.0190. The van der Waals surface area contributed by atoms with Crippen molar-refractivity contribution in [1.29, 1.82) is 0 Å². The minimum absolute atomic E-state index is 0.0798. The van der Waals surface area contributed by atoms with Crippen molar-refractivity contribution in [1.82, 2.24) is 0 Å². The van der Waals surface area contributed by atoms with E-state index >= 15 is 0 Å². The molecule has 0 aromatic rings. The van der Waals surface area contributed by atoms with Crippen molar-refractivity contribution in [2.75, 3.05) is 0 Å². The summed E-state index contributed by atoms with van der Waals surface area (Å²) in [6.45, 7) is 3.03. The fraction of sp³-hybridized carbons (Fsp3) is 1.00.